The van der Waals surface area contributed by atoms with Crippen molar-refractivity contribution in [2.45, 2.75) is 0 Å². The van der Waals surface area contributed by atoms with Crippen LogP contribution in [0.15, 0.2) is 0 Å². The molecule has 0 aliphatic rings. The Morgan fingerprint density at radius 2 is 1.25 bits per heavy atom. The molecule has 4 heavy (non-hydrogen) atoms. The van der Waals surface area contributed by atoms with E-state index in [0.717, 1.165) is 0 Å². The summed E-state index contributed by atoms with van der Waals surface area (Å²) in [7, 11) is 0. The average Bonchev–Trinajstić information content (AvgIpc) is 0. The van der Waals surface area contributed by atoms with Crippen LogP contribution < -0.4 is 0 Å². The molecule has 0 spiro atoms. The molecule has 0 aromatic rings. The maximum Gasteiger partial charge on any atom is 2.00 e. The zero-order chi connectivity index (χ0) is 0. The molecule has 22 valence electrons. The van der Waals surface area contributed by atoms with E-state index in [1.165, 1.54) is 0 Å². The van der Waals surface area contributed by atoms with Gasteiger partial charge in [-0.3, -0.25) is 0 Å². The molecule has 0 saturated carbocycles. The summed E-state index contributed by atoms with van der Waals surface area (Å²) < 4.78 is 0. The molecular weight excluding hydrogens is 183 g/mol. The van der Waals surface area contributed by atoms with E-state index in [1.54, 1.807) is 0 Å². The van der Waals surface area contributed by atoms with Crippen molar-refractivity contribution in [1.82, 2.24) is 0 Å². The summed E-state index contributed by atoms with van der Waals surface area (Å²) in [5, 5.41) is 0. The van der Waals surface area contributed by atoms with Crippen LogP contribution in [0.25, 0.3) is 0 Å². The van der Waals surface area contributed by atoms with Crippen molar-refractivity contribution >= 4 is 112 Å². The quantitative estimate of drug-likeness (QED) is 0.361. The van der Waals surface area contributed by atoms with E-state index in [0.29, 0.717) is 0 Å². The van der Waals surface area contributed by atoms with Crippen LogP contribution >= 0.6 is 0 Å². The van der Waals surface area contributed by atoms with Crippen molar-refractivity contribution in [3.05, 3.63) is 0 Å². The van der Waals surface area contributed by atoms with Crippen LogP contribution in [0.4, 0.5) is 0 Å². The number of hydrogen-bond donors (Lipinski definition) is 0. The van der Waals surface area contributed by atoms with Gasteiger partial charge in [-0.05, 0) is 11.0 Å². The second-order valence-electron chi connectivity index (χ2n) is 0. The van der Waals surface area contributed by atoms with Gasteiger partial charge in [0.2, 0.25) is 0 Å². The van der Waals surface area contributed by atoms with Crippen molar-refractivity contribution in [2.24, 2.45) is 0 Å². The van der Waals surface area contributed by atoms with E-state index in [-0.39, 0.29) is 117 Å². The van der Waals surface area contributed by atoms with Gasteiger partial charge >= 0.3 is 83.2 Å². The van der Waals surface area contributed by atoms with Crippen molar-refractivity contribution in [2.75, 3.05) is 0 Å². The Labute approximate surface area is 114 Å². The molecular formula is H11AlCaSiSr. The first-order valence-electron chi connectivity index (χ1n) is 0. The summed E-state index contributed by atoms with van der Waals surface area (Å²) >= 11 is 0. The van der Waals surface area contributed by atoms with E-state index in [1.807, 2.05) is 0 Å². The van der Waals surface area contributed by atoms with E-state index in [4.69, 9.17) is 0 Å². The molecule has 0 bridgehead atoms. The number of rotatable bonds is 0. The van der Waals surface area contributed by atoms with E-state index >= 15 is 0 Å². The predicted octanol–water partition coefficient (Wildman–Crippen LogP) is -2.95. The molecule has 0 fully saturated rings. The van der Waals surface area contributed by atoms with Crippen LogP contribution in [0.1, 0.15) is 5.71 Å². The maximum absolute atomic E-state index is 0. The maximum atomic E-state index is 0. The molecule has 4 heteroatoms. The second-order valence-corrected chi connectivity index (χ2v) is 0. The Balaban J connectivity index is 0. The van der Waals surface area contributed by atoms with Crippen molar-refractivity contribution in [3.8, 4) is 0 Å². The summed E-state index contributed by atoms with van der Waals surface area (Å²) in [5.41, 5.74) is 0. The molecule has 0 nitrogen and oxygen atoms in total. The second kappa shape index (κ2) is 16.1. The van der Waals surface area contributed by atoms with Gasteiger partial charge in [-0.1, -0.05) is 0 Å². The number of hydrogen-bond acceptors (Lipinski definition) is 0. The largest absolute Gasteiger partial charge is 2.00 e. The molecule has 0 atom stereocenters. The Hall–Kier alpha value is 3.49. The minimum atomic E-state index is 0. The smallest absolute Gasteiger partial charge is 1.00 e. The Kier molecular flexibility index (Phi) is 104. The minimum Gasteiger partial charge on any atom is -1.00 e. The Bertz CT molecular complexity index is 16.0. The van der Waals surface area contributed by atoms with Crippen molar-refractivity contribution in [1.29, 1.82) is 0 Å². The molecule has 0 aliphatic heterocycles. The topological polar surface area (TPSA) is 0 Å². The third-order valence-electron chi connectivity index (χ3n) is 0. The van der Waals surface area contributed by atoms with Gasteiger partial charge < -0.3 is 5.71 Å². The zero-order valence-corrected chi connectivity index (χ0v) is 7.10. The van der Waals surface area contributed by atoms with E-state index in [9.17, 15) is 0 Å². The van der Waals surface area contributed by atoms with Crippen LogP contribution in [0, 0.1) is 0 Å². The fourth-order valence-electron chi connectivity index (χ4n) is 0. The van der Waals surface area contributed by atoms with Crippen LogP contribution in [-0.2, 0) is 0 Å². The van der Waals surface area contributed by atoms with Gasteiger partial charge in [-0.25, -0.2) is 0 Å². The van der Waals surface area contributed by atoms with Crippen molar-refractivity contribution in [3.63, 3.8) is 0 Å². The van der Waals surface area contributed by atoms with Crippen LogP contribution in [0.5, 0.6) is 0 Å². The zero-order valence-electron chi connectivity index (χ0n) is 5.41. The molecule has 0 heterocycles. The van der Waals surface area contributed by atoms with Crippen molar-refractivity contribution < 1.29 is 5.71 Å². The molecule has 0 unspecified atom stereocenters. The fraction of sp³-hybridized carbons (Fsp3) is 0. The summed E-state index contributed by atoms with van der Waals surface area (Å²) in [6, 6.07) is 0. The van der Waals surface area contributed by atoms with Gasteiger partial charge in [0.05, 0.1) is 0 Å². The first-order valence-corrected chi connectivity index (χ1v) is 0. The molecule has 0 amide bonds. The van der Waals surface area contributed by atoms with Gasteiger partial charge in [0.25, 0.3) is 0 Å². The van der Waals surface area contributed by atoms with Gasteiger partial charge in [0.1, 0.15) is 0 Å². The first-order chi connectivity index (χ1) is 0. The van der Waals surface area contributed by atoms with E-state index < -0.39 is 0 Å². The Morgan fingerprint density at radius 1 is 1.25 bits per heavy atom. The standard InChI is InChI=1S/Al.Ca.H4Si.Sr.7H/h;;1H4;;;;;;;;/q;+2;;+2;;;;4*-1. The molecule has 0 saturated heterocycles. The van der Waals surface area contributed by atoms with Crippen LogP contribution in [-0.4, -0.2) is 112 Å². The van der Waals surface area contributed by atoms with Gasteiger partial charge in [0.15, 0.2) is 17.4 Å². The molecule has 0 N–H and O–H groups in total. The third kappa shape index (κ3) is 9.09. The average molecular weight is 194 g/mol. The van der Waals surface area contributed by atoms with Gasteiger partial charge in [-0.2, -0.15) is 0 Å². The monoisotopic (exact) mass is 194 g/mol. The van der Waals surface area contributed by atoms with Gasteiger partial charge in [0, 0.05) is 0 Å². The molecule has 0 radical (unpaired) electrons. The van der Waals surface area contributed by atoms with E-state index in [2.05, 4.69) is 0 Å². The molecule has 0 rings (SSSR count). The Morgan fingerprint density at radius 3 is 1.25 bits per heavy atom. The molecule has 0 aromatic carbocycles. The fourth-order valence-corrected chi connectivity index (χ4v) is 0. The summed E-state index contributed by atoms with van der Waals surface area (Å²) in [6.07, 6.45) is 0. The summed E-state index contributed by atoms with van der Waals surface area (Å²) in [5.74, 6) is 0. The minimum absolute atomic E-state index is 0. The predicted molar refractivity (Wildman–Crippen MR) is 37.2 cm³/mol. The SMILES string of the molecule is [AlH3].[Ca+2].[H-].[H-].[H-].[H-].[SiH4].[Sr+2]. The molecule has 0 aromatic heterocycles. The van der Waals surface area contributed by atoms with Gasteiger partial charge in [-0.15, -0.1) is 0 Å². The summed E-state index contributed by atoms with van der Waals surface area (Å²) in [6.45, 7) is 0. The van der Waals surface area contributed by atoms with Crippen LogP contribution in [0.3, 0.4) is 0 Å². The molecule has 0 aliphatic carbocycles. The van der Waals surface area contributed by atoms with Crippen LogP contribution in [0.2, 0.25) is 0 Å². The normalized spacial score (nSPS) is 0. The third-order valence-corrected chi connectivity index (χ3v) is 0. The first kappa shape index (κ1) is 25.9. The summed E-state index contributed by atoms with van der Waals surface area (Å²) in [4.78, 5) is 0.